The quantitative estimate of drug-likeness (QED) is 0.353. The molecule has 2 aliphatic carbocycles. The highest BCUT2D eigenvalue weighted by Crippen LogP contribution is 2.40. The molecule has 0 spiro atoms. The van der Waals surface area contributed by atoms with Gasteiger partial charge < -0.3 is 10.4 Å². The normalized spacial score (nSPS) is 15.4. The lowest BCUT2D eigenvalue weighted by molar-refractivity contribution is 0.0951. The van der Waals surface area contributed by atoms with Crippen molar-refractivity contribution < 1.29 is 9.90 Å². The van der Waals surface area contributed by atoms with Crippen LogP contribution in [0.25, 0.3) is 16.5 Å². The molecule has 2 aliphatic rings. The molecule has 0 unspecified atom stereocenters. The molecule has 2 heterocycles. The smallest absolute Gasteiger partial charge is 0.265 e. The monoisotopic (exact) mass is 497 g/mol. The van der Waals surface area contributed by atoms with Crippen molar-refractivity contribution in [2.24, 2.45) is 4.99 Å². The number of nitrogens with one attached hydrogen (secondary N) is 1. The summed E-state index contributed by atoms with van der Waals surface area (Å²) < 4.78 is 1.32. The average molecular weight is 498 g/mol. The summed E-state index contributed by atoms with van der Waals surface area (Å²) in [6.07, 6.45) is 7.70. The maximum absolute atomic E-state index is 13.4. The lowest BCUT2D eigenvalue weighted by Crippen LogP contribution is -2.26. The second-order valence-electron chi connectivity index (χ2n) is 9.66. The van der Waals surface area contributed by atoms with Crippen LogP contribution in [0.3, 0.4) is 0 Å². The maximum Gasteiger partial charge on any atom is 0.265 e. The third-order valence-corrected chi connectivity index (χ3v) is 8.20. The first kappa shape index (κ1) is 22.7. The summed E-state index contributed by atoms with van der Waals surface area (Å²) in [6.45, 7) is 1.97. The van der Waals surface area contributed by atoms with Gasteiger partial charge in [-0.25, -0.2) is 9.56 Å². The molecule has 0 bridgehead atoms. The number of pyridine rings is 1. The minimum atomic E-state index is -0.291. The van der Waals surface area contributed by atoms with Gasteiger partial charge >= 0.3 is 0 Å². The zero-order valence-electron chi connectivity index (χ0n) is 20.1. The van der Waals surface area contributed by atoms with Crippen LogP contribution in [0, 0.1) is 6.92 Å². The number of thiophene rings is 1. The summed E-state index contributed by atoms with van der Waals surface area (Å²) in [7, 11) is 0. The second-order valence-corrected chi connectivity index (χ2v) is 10.7. The van der Waals surface area contributed by atoms with E-state index in [4.69, 9.17) is 4.99 Å². The number of rotatable bonds is 5. The van der Waals surface area contributed by atoms with Crippen molar-refractivity contribution in [3.8, 4) is 11.6 Å². The van der Waals surface area contributed by atoms with Gasteiger partial charge in [0.15, 0.2) is 0 Å². The SMILES string of the molecule is Cc1ccc(-n2c(O)c(/C=N/c3sc4c(c3C(=O)NC3CC3)CCCC4)c3ccccc3c2=O)cc1. The molecule has 1 fully saturated rings. The number of fused-ring (bicyclic) bond motifs is 2. The van der Waals surface area contributed by atoms with Crippen LogP contribution < -0.4 is 10.9 Å². The van der Waals surface area contributed by atoms with E-state index < -0.39 is 0 Å². The number of nitrogens with zero attached hydrogens (tertiary/aromatic N) is 2. The van der Waals surface area contributed by atoms with Gasteiger partial charge in [-0.15, -0.1) is 11.3 Å². The van der Waals surface area contributed by atoms with Crippen LogP contribution in [0.2, 0.25) is 0 Å². The van der Waals surface area contributed by atoms with Gasteiger partial charge in [0, 0.05) is 27.9 Å². The van der Waals surface area contributed by atoms with E-state index in [1.165, 1.54) is 9.44 Å². The molecule has 2 aromatic carbocycles. The fraction of sp³-hybridized carbons (Fsp3) is 0.276. The summed E-state index contributed by atoms with van der Waals surface area (Å²) in [5.41, 5.74) is 3.60. The zero-order valence-corrected chi connectivity index (χ0v) is 20.9. The molecule has 0 radical (unpaired) electrons. The van der Waals surface area contributed by atoms with Gasteiger partial charge in [-0.05, 0) is 69.2 Å². The van der Waals surface area contributed by atoms with Crippen LogP contribution in [0.5, 0.6) is 5.88 Å². The van der Waals surface area contributed by atoms with Crippen molar-refractivity contribution in [3.63, 3.8) is 0 Å². The lowest BCUT2D eigenvalue weighted by Gasteiger charge is -2.14. The summed E-state index contributed by atoms with van der Waals surface area (Å²) in [5.74, 6) is -0.223. The van der Waals surface area contributed by atoms with Gasteiger partial charge in [0.05, 0.1) is 16.8 Å². The Labute approximate surface area is 212 Å². The number of aromatic nitrogens is 1. The van der Waals surface area contributed by atoms with Gasteiger partial charge in [-0.3, -0.25) is 9.59 Å². The molecule has 0 saturated heterocycles. The van der Waals surface area contributed by atoms with Crippen LogP contribution in [-0.4, -0.2) is 27.8 Å². The van der Waals surface area contributed by atoms with Crippen LogP contribution in [-0.2, 0) is 12.8 Å². The predicted molar refractivity (Wildman–Crippen MR) is 145 cm³/mol. The molecule has 1 amide bonds. The third-order valence-electron chi connectivity index (χ3n) is 7.00. The molecule has 1 saturated carbocycles. The molecule has 182 valence electrons. The van der Waals surface area contributed by atoms with E-state index in [1.54, 1.807) is 23.6 Å². The molecule has 6 nitrogen and oxygen atoms in total. The van der Waals surface area contributed by atoms with Gasteiger partial charge in [-0.2, -0.15) is 0 Å². The first-order valence-corrected chi connectivity index (χ1v) is 13.3. The van der Waals surface area contributed by atoms with E-state index in [9.17, 15) is 14.7 Å². The van der Waals surface area contributed by atoms with Gasteiger partial charge in [0.1, 0.15) is 5.00 Å². The number of hydrogen-bond donors (Lipinski definition) is 2. The Kier molecular flexibility index (Phi) is 5.72. The molecule has 0 aliphatic heterocycles. The highest BCUT2D eigenvalue weighted by molar-refractivity contribution is 7.16. The first-order chi connectivity index (χ1) is 17.5. The molecule has 4 aromatic rings. The standard InChI is InChI=1S/C29H27N3O3S/c1-17-10-14-19(15-11-17)32-28(34)21-7-3-2-6-20(21)23(29(32)35)16-30-27-25(26(33)31-18-12-13-18)22-8-4-5-9-24(22)36-27/h2-3,6-7,10-11,14-16,18,35H,4-5,8-9,12-13H2,1H3,(H,31,33)/b30-16+. The molecule has 0 atom stereocenters. The Balaban J connectivity index is 1.51. The van der Waals surface area contributed by atoms with E-state index in [0.717, 1.165) is 49.7 Å². The highest BCUT2D eigenvalue weighted by atomic mass is 32.1. The number of aromatic hydroxyl groups is 1. The summed E-state index contributed by atoms with van der Waals surface area (Å²) in [6, 6.07) is 15.0. The summed E-state index contributed by atoms with van der Waals surface area (Å²) in [5, 5.41) is 16.2. The molecular formula is C29H27N3O3S. The zero-order chi connectivity index (χ0) is 24.8. The fourth-order valence-electron chi connectivity index (χ4n) is 4.91. The van der Waals surface area contributed by atoms with Crippen molar-refractivity contribution in [1.82, 2.24) is 9.88 Å². The Morgan fingerprint density at radius 1 is 1.08 bits per heavy atom. The number of hydrogen-bond acceptors (Lipinski definition) is 5. The van der Waals surface area contributed by atoms with Crippen LogP contribution in [0.15, 0.2) is 58.3 Å². The van der Waals surface area contributed by atoms with Crippen molar-refractivity contribution >= 4 is 39.2 Å². The van der Waals surface area contributed by atoms with Gasteiger partial charge in [0.2, 0.25) is 5.88 Å². The molecule has 6 rings (SSSR count). The van der Waals surface area contributed by atoms with Crippen molar-refractivity contribution in [3.05, 3.63) is 86.0 Å². The Bertz CT molecular complexity index is 1580. The van der Waals surface area contributed by atoms with Crippen LogP contribution >= 0.6 is 11.3 Å². The Morgan fingerprint density at radius 2 is 1.81 bits per heavy atom. The number of aryl methyl sites for hydroxylation is 2. The topological polar surface area (TPSA) is 83.7 Å². The van der Waals surface area contributed by atoms with Crippen LogP contribution in [0.1, 0.15) is 57.6 Å². The van der Waals surface area contributed by atoms with Crippen molar-refractivity contribution in [2.45, 2.75) is 51.5 Å². The van der Waals surface area contributed by atoms with E-state index in [-0.39, 0.29) is 23.4 Å². The predicted octanol–water partition coefficient (Wildman–Crippen LogP) is 5.59. The number of benzene rings is 2. The second kappa shape index (κ2) is 9.06. The van der Waals surface area contributed by atoms with E-state index in [0.29, 0.717) is 32.6 Å². The van der Waals surface area contributed by atoms with Crippen LogP contribution in [0.4, 0.5) is 5.00 Å². The fourth-order valence-corrected chi connectivity index (χ4v) is 6.14. The molecule has 7 heteroatoms. The number of carbonyl (C=O) groups is 1. The first-order valence-electron chi connectivity index (χ1n) is 12.4. The molecule has 2 N–H and O–H groups in total. The number of amides is 1. The van der Waals surface area contributed by atoms with E-state index >= 15 is 0 Å². The van der Waals surface area contributed by atoms with E-state index in [1.807, 2.05) is 49.4 Å². The minimum Gasteiger partial charge on any atom is -0.494 e. The largest absolute Gasteiger partial charge is 0.494 e. The summed E-state index contributed by atoms with van der Waals surface area (Å²) >= 11 is 1.56. The average Bonchev–Trinajstić information content (AvgIpc) is 3.62. The highest BCUT2D eigenvalue weighted by Gasteiger charge is 2.30. The number of carbonyl (C=O) groups excluding carboxylic acids is 1. The molecule has 2 aromatic heterocycles. The lowest BCUT2D eigenvalue weighted by atomic mass is 9.95. The third kappa shape index (κ3) is 4.03. The number of aliphatic imine (C=N–C) groups is 1. The minimum absolute atomic E-state index is 0.0530. The molecular weight excluding hydrogens is 470 g/mol. The Hall–Kier alpha value is -3.71. The summed E-state index contributed by atoms with van der Waals surface area (Å²) in [4.78, 5) is 32.5. The van der Waals surface area contributed by atoms with E-state index in [2.05, 4.69) is 5.32 Å². The van der Waals surface area contributed by atoms with Crippen molar-refractivity contribution in [2.75, 3.05) is 0 Å². The maximum atomic E-state index is 13.4. The van der Waals surface area contributed by atoms with Crippen molar-refractivity contribution in [1.29, 1.82) is 0 Å². The Morgan fingerprint density at radius 3 is 2.56 bits per heavy atom. The molecule has 36 heavy (non-hydrogen) atoms. The van der Waals surface area contributed by atoms with Gasteiger partial charge in [0.25, 0.3) is 11.5 Å². The van der Waals surface area contributed by atoms with Gasteiger partial charge in [-0.1, -0.05) is 35.9 Å².